The molecule has 0 spiro atoms. The van der Waals surface area contributed by atoms with Gasteiger partial charge in [-0.3, -0.25) is 4.79 Å². The molecule has 72 valence electrons. The van der Waals surface area contributed by atoms with Gasteiger partial charge in [-0.25, -0.2) is 0 Å². The number of carboxylic acids is 1. The maximum atomic E-state index is 10.7. The molecule has 0 aromatic carbocycles. The van der Waals surface area contributed by atoms with Crippen LogP contribution in [0.5, 0.6) is 0 Å². The van der Waals surface area contributed by atoms with Gasteiger partial charge < -0.3 is 9.84 Å². The highest BCUT2D eigenvalue weighted by Crippen LogP contribution is 2.16. The van der Waals surface area contributed by atoms with Crippen LogP contribution in [0.25, 0.3) is 0 Å². The van der Waals surface area contributed by atoms with E-state index in [0.29, 0.717) is 13.0 Å². The topological polar surface area (TPSA) is 46.5 Å². The van der Waals surface area contributed by atoms with Crippen LogP contribution in [0.1, 0.15) is 26.7 Å². The Bertz CT molecular complexity index is 132. The summed E-state index contributed by atoms with van der Waals surface area (Å²) in [5, 5.41) is 8.80. The number of methoxy groups -OCH3 is 1. The van der Waals surface area contributed by atoms with Crippen molar-refractivity contribution in [2.75, 3.05) is 13.7 Å². The molecule has 0 aliphatic rings. The van der Waals surface area contributed by atoms with Crippen LogP contribution in [0.4, 0.5) is 0 Å². The Hall–Kier alpha value is -0.570. The summed E-state index contributed by atoms with van der Waals surface area (Å²) < 4.78 is 4.86. The molecule has 3 nitrogen and oxygen atoms in total. The van der Waals surface area contributed by atoms with E-state index in [1.165, 1.54) is 0 Å². The molecular weight excluding hydrogens is 156 g/mol. The Balaban J connectivity index is 3.72. The van der Waals surface area contributed by atoms with Crippen LogP contribution in [-0.4, -0.2) is 24.8 Å². The molecule has 1 N–H and O–H groups in total. The van der Waals surface area contributed by atoms with Gasteiger partial charge in [0.1, 0.15) is 0 Å². The third-order valence-corrected chi connectivity index (χ3v) is 1.99. The van der Waals surface area contributed by atoms with Crippen molar-refractivity contribution in [3.63, 3.8) is 0 Å². The first-order valence-electron chi connectivity index (χ1n) is 4.31. The number of ether oxygens (including phenoxy) is 1. The molecule has 1 unspecified atom stereocenters. The predicted octanol–water partition coefficient (Wildman–Crippen LogP) is 1.77. The smallest absolute Gasteiger partial charge is 0.306 e. The van der Waals surface area contributed by atoms with E-state index in [1.54, 1.807) is 7.11 Å². The van der Waals surface area contributed by atoms with Crippen molar-refractivity contribution in [3.05, 3.63) is 0 Å². The SMILES string of the molecule is COCCCC(C(=O)O)C(C)C. The van der Waals surface area contributed by atoms with E-state index in [-0.39, 0.29) is 11.8 Å². The number of aliphatic carboxylic acids is 1. The molecule has 0 saturated heterocycles. The molecule has 0 aromatic rings. The molecular formula is C9H18O3. The molecule has 3 heteroatoms. The van der Waals surface area contributed by atoms with Crippen molar-refractivity contribution in [1.82, 2.24) is 0 Å². The minimum atomic E-state index is -0.693. The minimum absolute atomic E-state index is 0.208. The van der Waals surface area contributed by atoms with Crippen molar-refractivity contribution >= 4 is 5.97 Å². The number of carbonyl (C=O) groups is 1. The molecule has 1 atom stereocenters. The van der Waals surface area contributed by atoms with E-state index in [2.05, 4.69) is 0 Å². The average Bonchev–Trinajstić information content (AvgIpc) is 1.96. The van der Waals surface area contributed by atoms with Gasteiger partial charge in [-0.1, -0.05) is 13.8 Å². The van der Waals surface area contributed by atoms with E-state index >= 15 is 0 Å². The second kappa shape index (κ2) is 6.00. The normalized spacial score (nSPS) is 13.3. The third-order valence-electron chi connectivity index (χ3n) is 1.99. The molecule has 0 radical (unpaired) electrons. The van der Waals surface area contributed by atoms with Gasteiger partial charge in [0.15, 0.2) is 0 Å². The highest BCUT2D eigenvalue weighted by Gasteiger charge is 2.20. The standard InChI is InChI=1S/C9H18O3/c1-7(2)8(9(10)11)5-4-6-12-3/h7-8H,4-6H2,1-3H3,(H,10,11). The second-order valence-electron chi connectivity index (χ2n) is 3.32. The Labute approximate surface area is 73.7 Å². The lowest BCUT2D eigenvalue weighted by Crippen LogP contribution is -2.20. The van der Waals surface area contributed by atoms with E-state index in [1.807, 2.05) is 13.8 Å². The van der Waals surface area contributed by atoms with E-state index in [4.69, 9.17) is 9.84 Å². The summed E-state index contributed by atoms with van der Waals surface area (Å²) in [5.74, 6) is -0.708. The fourth-order valence-corrected chi connectivity index (χ4v) is 1.19. The first-order chi connectivity index (χ1) is 5.59. The van der Waals surface area contributed by atoms with Crippen LogP contribution in [0.2, 0.25) is 0 Å². The van der Waals surface area contributed by atoms with Crippen molar-refractivity contribution in [1.29, 1.82) is 0 Å². The first kappa shape index (κ1) is 11.4. The third kappa shape index (κ3) is 4.34. The van der Waals surface area contributed by atoms with Crippen LogP contribution in [0, 0.1) is 11.8 Å². The van der Waals surface area contributed by atoms with Crippen LogP contribution in [0.15, 0.2) is 0 Å². The van der Waals surface area contributed by atoms with Gasteiger partial charge in [0.25, 0.3) is 0 Å². The van der Waals surface area contributed by atoms with Crippen LogP contribution in [0.3, 0.4) is 0 Å². The van der Waals surface area contributed by atoms with Gasteiger partial charge in [0.05, 0.1) is 5.92 Å². The highest BCUT2D eigenvalue weighted by atomic mass is 16.5. The quantitative estimate of drug-likeness (QED) is 0.624. The molecule has 0 amide bonds. The molecule has 0 aliphatic heterocycles. The van der Waals surface area contributed by atoms with Gasteiger partial charge in [-0.05, 0) is 18.8 Å². The highest BCUT2D eigenvalue weighted by molar-refractivity contribution is 5.70. The lowest BCUT2D eigenvalue weighted by molar-refractivity contribution is -0.143. The fourth-order valence-electron chi connectivity index (χ4n) is 1.19. The van der Waals surface area contributed by atoms with Crippen LogP contribution in [-0.2, 0) is 9.53 Å². The summed E-state index contributed by atoms with van der Waals surface area (Å²) >= 11 is 0. The summed E-state index contributed by atoms with van der Waals surface area (Å²) in [6.45, 7) is 4.52. The van der Waals surface area contributed by atoms with Crippen LogP contribution < -0.4 is 0 Å². The molecule has 0 bridgehead atoms. The van der Waals surface area contributed by atoms with E-state index in [9.17, 15) is 4.79 Å². The monoisotopic (exact) mass is 174 g/mol. The Morgan fingerprint density at radius 2 is 2.08 bits per heavy atom. The summed E-state index contributed by atoms with van der Waals surface area (Å²) in [7, 11) is 1.63. The minimum Gasteiger partial charge on any atom is -0.481 e. The summed E-state index contributed by atoms with van der Waals surface area (Å²) in [4.78, 5) is 10.7. The molecule has 0 saturated carbocycles. The average molecular weight is 174 g/mol. The van der Waals surface area contributed by atoms with Crippen molar-refractivity contribution < 1.29 is 14.6 Å². The number of rotatable bonds is 6. The fraction of sp³-hybridized carbons (Fsp3) is 0.889. The molecule has 0 aromatic heterocycles. The Morgan fingerprint density at radius 3 is 2.42 bits per heavy atom. The molecule has 0 heterocycles. The van der Waals surface area contributed by atoms with Gasteiger partial charge in [-0.2, -0.15) is 0 Å². The summed E-state index contributed by atoms with van der Waals surface area (Å²) in [6, 6.07) is 0. The second-order valence-corrected chi connectivity index (χ2v) is 3.32. The Morgan fingerprint density at radius 1 is 1.50 bits per heavy atom. The van der Waals surface area contributed by atoms with Crippen LogP contribution >= 0.6 is 0 Å². The maximum absolute atomic E-state index is 10.7. The maximum Gasteiger partial charge on any atom is 0.306 e. The van der Waals surface area contributed by atoms with Crippen molar-refractivity contribution in [2.24, 2.45) is 11.8 Å². The lowest BCUT2D eigenvalue weighted by Gasteiger charge is -2.15. The first-order valence-corrected chi connectivity index (χ1v) is 4.31. The zero-order chi connectivity index (χ0) is 9.56. The number of hydrogen-bond donors (Lipinski definition) is 1. The summed E-state index contributed by atoms with van der Waals surface area (Å²) in [6.07, 6.45) is 1.53. The van der Waals surface area contributed by atoms with Crippen molar-refractivity contribution in [2.45, 2.75) is 26.7 Å². The van der Waals surface area contributed by atoms with E-state index in [0.717, 1.165) is 6.42 Å². The molecule has 0 rings (SSSR count). The van der Waals surface area contributed by atoms with Gasteiger partial charge in [0, 0.05) is 13.7 Å². The molecule has 0 fully saturated rings. The lowest BCUT2D eigenvalue weighted by atomic mass is 9.91. The number of carboxylic acid groups (broad SMARTS) is 1. The largest absolute Gasteiger partial charge is 0.481 e. The van der Waals surface area contributed by atoms with E-state index < -0.39 is 5.97 Å². The predicted molar refractivity (Wildman–Crippen MR) is 47.1 cm³/mol. The molecule has 12 heavy (non-hydrogen) atoms. The van der Waals surface area contributed by atoms with Gasteiger partial charge in [0.2, 0.25) is 0 Å². The molecule has 0 aliphatic carbocycles. The Kier molecular flexibility index (Phi) is 5.72. The number of hydrogen-bond acceptors (Lipinski definition) is 2. The zero-order valence-corrected chi connectivity index (χ0v) is 8.04. The van der Waals surface area contributed by atoms with Crippen molar-refractivity contribution in [3.8, 4) is 0 Å². The summed E-state index contributed by atoms with van der Waals surface area (Å²) in [5.41, 5.74) is 0. The van der Waals surface area contributed by atoms with Gasteiger partial charge >= 0.3 is 5.97 Å². The van der Waals surface area contributed by atoms with Gasteiger partial charge in [-0.15, -0.1) is 0 Å². The zero-order valence-electron chi connectivity index (χ0n) is 8.04.